The van der Waals surface area contributed by atoms with E-state index in [4.69, 9.17) is 14.0 Å². The van der Waals surface area contributed by atoms with Gasteiger partial charge in [-0.3, -0.25) is 14.9 Å². The molecule has 0 aliphatic rings. The number of nitro groups is 1. The predicted molar refractivity (Wildman–Crippen MR) is 123 cm³/mol. The number of benzene rings is 2. The Balaban J connectivity index is 1.71. The molecule has 0 aliphatic heterocycles. The molecule has 32 heavy (non-hydrogen) atoms. The number of halogens is 1. The summed E-state index contributed by atoms with van der Waals surface area (Å²) in [6.07, 6.45) is 3.10. The monoisotopic (exact) mass is 501 g/mol. The van der Waals surface area contributed by atoms with Crippen molar-refractivity contribution in [2.75, 3.05) is 18.5 Å². The Morgan fingerprint density at radius 2 is 2.00 bits per heavy atom. The maximum atomic E-state index is 12.2. The normalized spacial score (nSPS) is 10.8. The Morgan fingerprint density at radius 1 is 1.22 bits per heavy atom. The summed E-state index contributed by atoms with van der Waals surface area (Å²) in [5.41, 5.74) is 1.36. The van der Waals surface area contributed by atoms with Crippen LogP contribution in [-0.4, -0.2) is 29.2 Å². The molecule has 0 fully saturated rings. The van der Waals surface area contributed by atoms with Gasteiger partial charge in [-0.05, 0) is 65.7 Å². The minimum absolute atomic E-state index is 0.0505. The van der Waals surface area contributed by atoms with Crippen molar-refractivity contribution in [2.24, 2.45) is 0 Å². The summed E-state index contributed by atoms with van der Waals surface area (Å²) in [5, 5.41) is 17.6. The molecule has 1 heterocycles. The third kappa shape index (κ3) is 5.73. The van der Waals surface area contributed by atoms with Gasteiger partial charge in [0.1, 0.15) is 0 Å². The lowest BCUT2D eigenvalue weighted by molar-refractivity contribution is -0.386. The highest BCUT2D eigenvalue weighted by Crippen LogP contribution is 2.30. The van der Waals surface area contributed by atoms with Crippen molar-refractivity contribution >= 4 is 45.4 Å². The molecule has 0 aliphatic carbocycles. The third-order valence-corrected chi connectivity index (χ3v) is 4.93. The Kier molecular flexibility index (Phi) is 7.61. The first-order valence-corrected chi connectivity index (χ1v) is 10.4. The molecule has 1 amide bonds. The first-order chi connectivity index (χ1) is 15.4. The summed E-state index contributed by atoms with van der Waals surface area (Å²) in [5.74, 6) is 0.560. The molecule has 9 nitrogen and oxygen atoms in total. The van der Waals surface area contributed by atoms with Crippen molar-refractivity contribution in [3.05, 3.63) is 74.1 Å². The van der Waals surface area contributed by atoms with E-state index in [0.29, 0.717) is 29.4 Å². The van der Waals surface area contributed by atoms with Crippen molar-refractivity contribution in [1.29, 1.82) is 0 Å². The van der Waals surface area contributed by atoms with E-state index in [0.717, 1.165) is 4.47 Å². The van der Waals surface area contributed by atoms with E-state index in [9.17, 15) is 14.9 Å². The number of amides is 1. The molecule has 0 saturated carbocycles. The van der Waals surface area contributed by atoms with E-state index in [1.54, 1.807) is 30.3 Å². The van der Waals surface area contributed by atoms with Crippen LogP contribution >= 0.6 is 15.9 Å². The van der Waals surface area contributed by atoms with Gasteiger partial charge in [0.25, 0.3) is 5.91 Å². The van der Waals surface area contributed by atoms with Crippen molar-refractivity contribution in [1.82, 2.24) is 5.16 Å². The molecule has 3 aromatic rings. The van der Waals surface area contributed by atoms with E-state index in [2.05, 4.69) is 26.4 Å². The standard InChI is InChI=1S/C22H20BrN3O6/c1-3-30-20-12-15(9-11-19-22(26(28)29)14(2)25-32-19)8-10-18(20)31-13-21(27)24-17-7-5-4-6-16(17)23/h4-12H,3,13H2,1-2H3,(H,24,27)/b11-9+. The highest BCUT2D eigenvalue weighted by molar-refractivity contribution is 9.10. The predicted octanol–water partition coefficient (Wildman–Crippen LogP) is 5.24. The largest absolute Gasteiger partial charge is 0.490 e. The highest BCUT2D eigenvalue weighted by atomic mass is 79.9. The number of nitrogens with one attached hydrogen (secondary N) is 1. The van der Waals surface area contributed by atoms with Crippen LogP contribution in [0.4, 0.5) is 11.4 Å². The van der Waals surface area contributed by atoms with Gasteiger partial charge in [0.2, 0.25) is 5.76 Å². The van der Waals surface area contributed by atoms with Gasteiger partial charge in [-0.25, -0.2) is 0 Å². The molecule has 0 atom stereocenters. The van der Waals surface area contributed by atoms with Gasteiger partial charge in [-0.15, -0.1) is 0 Å². The molecule has 3 rings (SSSR count). The number of ether oxygens (including phenoxy) is 2. The van der Waals surface area contributed by atoms with Gasteiger partial charge in [-0.2, -0.15) is 0 Å². The zero-order valence-electron chi connectivity index (χ0n) is 17.3. The minimum Gasteiger partial charge on any atom is -0.490 e. The number of nitrogens with zero attached hydrogens (tertiary/aromatic N) is 2. The van der Waals surface area contributed by atoms with Gasteiger partial charge in [0, 0.05) is 4.47 Å². The average molecular weight is 502 g/mol. The Hall–Kier alpha value is -3.66. The Morgan fingerprint density at radius 3 is 2.72 bits per heavy atom. The molecule has 0 unspecified atom stereocenters. The van der Waals surface area contributed by atoms with Gasteiger partial charge in [-0.1, -0.05) is 29.4 Å². The fourth-order valence-electron chi connectivity index (χ4n) is 2.79. The molecular weight excluding hydrogens is 482 g/mol. The van der Waals surface area contributed by atoms with Crippen LogP contribution in [0.5, 0.6) is 11.5 Å². The van der Waals surface area contributed by atoms with Crippen LogP contribution in [0.2, 0.25) is 0 Å². The summed E-state index contributed by atoms with van der Waals surface area (Å²) in [7, 11) is 0. The summed E-state index contributed by atoms with van der Waals surface area (Å²) in [6.45, 7) is 3.51. The number of aryl methyl sites for hydroxylation is 1. The first kappa shape index (κ1) is 23.0. The van der Waals surface area contributed by atoms with Crippen molar-refractivity contribution in [3.63, 3.8) is 0 Å². The molecular formula is C22H20BrN3O6. The van der Waals surface area contributed by atoms with Gasteiger partial charge >= 0.3 is 5.69 Å². The van der Waals surface area contributed by atoms with E-state index in [1.807, 2.05) is 25.1 Å². The summed E-state index contributed by atoms with van der Waals surface area (Å²) < 4.78 is 17.0. The second kappa shape index (κ2) is 10.6. The second-order valence-electron chi connectivity index (χ2n) is 6.53. The number of anilines is 1. The summed E-state index contributed by atoms with van der Waals surface area (Å²) in [6, 6.07) is 12.4. The molecule has 2 aromatic carbocycles. The van der Waals surface area contributed by atoms with Crippen LogP contribution < -0.4 is 14.8 Å². The minimum atomic E-state index is -0.535. The van der Waals surface area contributed by atoms with Gasteiger partial charge in [0.05, 0.1) is 17.2 Å². The maximum absolute atomic E-state index is 12.2. The van der Waals surface area contributed by atoms with E-state index < -0.39 is 4.92 Å². The second-order valence-corrected chi connectivity index (χ2v) is 7.38. The number of carbonyl (C=O) groups is 1. The van der Waals surface area contributed by atoms with Crippen molar-refractivity contribution < 1.29 is 23.7 Å². The lowest BCUT2D eigenvalue weighted by Gasteiger charge is -2.13. The molecule has 0 spiro atoms. The van der Waals surface area contributed by atoms with Crippen LogP contribution in [0, 0.1) is 17.0 Å². The number of hydrogen-bond donors (Lipinski definition) is 1. The average Bonchev–Trinajstić information content (AvgIpc) is 3.14. The van der Waals surface area contributed by atoms with Crippen LogP contribution in [-0.2, 0) is 4.79 Å². The van der Waals surface area contributed by atoms with Crippen LogP contribution in [0.15, 0.2) is 51.5 Å². The van der Waals surface area contributed by atoms with E-state index in [-0.39, 0.29) is 29.7 Å². The zero-order valence-corrected chi connectivity index (χ0v) is 18.9. The lowest BCUT2D eigenvalue weighted by Crippen LogP contribution is -2.20. The topological polar surface area (TPSA) is 117 Å². The number of carbonyl (C=O) groups excluding carboxylic acids is 1. The SMILES string of the molecule is CCOc1cc(/C=C/c2onc(C)c2[N+](=O)[O-])ccc1OCC(=O)Nc1ccccc1Br. The van der Waals surface area contributed by atoms with Crippen molar-refractivity contribution in [3.8, 4) is 11.5 Å². The Bertz CT molecular complexity index is 1160. The van der Waals surface area contributed by atoms with Crippen LogP contribution in [0.3, 0.4) is 0 Å². The molecule has 0 radical (unpaired) electrons. The number of aromatic nitrogens is 1. The molecule has 166 valence electrons. The summed E-state index contributed by atoms with van der Waals surface area (Å²) >= 11 is 3.38. The fourth-order valence-corrected chi connectivity index (χ4v) is 3.18. The Labute approximate surface area is 192 Å². The lowest BCUT2D eigenvalue weighted by atomic mass is 10.1. The zero-order chi connectivity index (χ0) is 23.1. The van der Waals surface area contributed by atoms with E-state index in [1.165, 1.54) is 13.0 Å². The van der Waals surface area contributed by atoms with Crippen LogP contribution in [0.1, 0.15) is 23.9 Å². The quantitative estimate of drug-likeness (QED) is 0.314. The first-order valence-electron chi connectivity index (χ1n) is 9.61. The molecule has 0 bridgehead atoms. The number of para-hydroxylation sites is 1. The van der Waals surface area contributed by atoms with Gasteiger partial charge in [0.15, 0.2) is 23.8 Å². The number of rotatable bonds is 9. The smallest absolute Gasteiger partial charge is 0.338 e. The van der Waals surface area contributed by atoms with Crippen molar-refractivity contribution in [2.45, 2.75) is 13.8 Å². The highest BCUT2D eigenvalue weighted by Gasteiger charge is 2.22. The summed E-state index contributed by atoms with van der Waals surface area (Å²) in [4.78, 5) is 22.9. The van der Waals surface area contributed by atoms with Gasteiger partial charge < -0.3 is 19.3 Å². The van der Waals surface area contributed by atoms with E-state index >= 15 is 0 Å². The number of hydrogen-bond acceptors (Lipinski definition) is 7. The third-order valence-electron chi connectivity index (χ3n) is 4.24. The fraction of sp³-hybridized carbons (Fsp3) is 0.182. The molecule has 10 heteroatoms. The van der Waals surface area contributed by atoms with Crippen LogP contribution in [0.25, 0.3) is 12.2 Å². The maximum Gasteiger partial charge on any atom is 0.338 e. The molecule has 1 N–H and O–H groups in total. The molecule has 1 aromatic heterocycles. The molecule has 0 saturated heterocycles.